The molecule has 0 radical (unpaired) electrons. The maximum Gasteiger partial charge on any atom is 0.417 e. The lowest BCUT2D eigenvalue weighted by molar-refractivity contribution is -0.138. The third kappa shape index (κ3) is 4.50. The van der Waals surface area contributed by atoms with E-state index in [0.29, 0.717) is 25.1 Å². The standard InChI is InChI=1S/C23H23F3N2O2/c24-23(25,26)20-4-2-1-3-19(20)22(30)28-12-10-16-13-17(7-8-18(16)14-28)21(29)27-11-9-15-5-6-15/h1-4,7-8,13,15H,5-6,9-12,14H2,(H,27,29). The monoisotopic (exact) mass is 416 g/mol. The topological polar surface area (TPSA) is 49.4 Å². The summed E-state index contributed by atoms with van der Waals surface area (Å²) in [6, 6.07) is 10.2. The van der Waals surface area contributed by atoms with Crippen LogP contribution in [0.2, 0.25) is 0 Å². The van der Waals surface area contributed by atoms with Crippen molar-refractivity contribution in [1.82, 2.24) is 10.2 Å². The predicted molar refractivity (Wildman–Crippen MR) is 106 cm³/mol. The van der Waals surface area contributed by atoms with E-state index < -0.39 is 17.6 Å². The molecule has 1 N–H and O–H groups in total. The third-order valence-corrected chi connectivity index (χ3v) is 5.77. The van der Waals surface area contributed by atoms with E-state index in [9.17, 15) is 22.8 Å². The molecule has 1 saturated carbocycles. The summed E-state index contributed by atoms with van der Waals surface area (Å²) in [7, 11) is 0. The van der Waals surface area contributed by atoms with Crippen LogP contribution in [0.25, 0.3) is 0 Å². The molecule has 0 atom stereocenters. The van der Waals surface area contributed by atoms with Crippen molar-refractivity contribution in [3.05, 3.63) is 70.3 Å². The van der Waals surface area contributed by atoms with E-state index in [1.165, 1.54) is 35.9 Å². The molecule has 158 valence electrons. The fourth-order valence-electron chi connectivity index (χ4n) is 3.85. The Morgan fingerprint density at radius 2 is 1.83 bits per heavy atom. The summed E-state index contributed by atoms with van der Waals surface area (Å²) >= 11 is 0. The van der Waals surface area contributed by atoms with Crippen molar-refractivity contribution in [3.8, 4) is 0 Å². The van der Waals surface area contributed by atoms with E-state index in [-0.39, 0.29) is 18.0 Å². The zero-order valence-electron chi connectivity index (χ0n) is 16.5. The molecule has 0 spiro atoms. The number of fused-ring (bicyclic) bond motifs is 1. The van der Waals surface area contributed by atoms with Crippen LogP contribution in [-0.2, 0) is 19.1 Å². The Kier molecular flexibility index (Phi) is 5.54. The SMILES string of the molecule is O=C(NCCC1CC1)c1ccc2c(c1)CCN(C(=O)c1ccccc1C(F)(F)F)C2. The molecule has 2 amide bonds. The van der Waals surface area contributed by atoms with Gasteiger partial charge in [-0.15, -0.1) is 0 Å². The smallest absolute Gasteiger partial charge is 0.352 e. The van der Waals surface area contributed by atoms with Crippen molar-refractivity contribution < 1.29 is 22.8 Å². The van der Waals surface area contributed by atoms with Crippen molar-refractivity contribution >= 4 is 11.8 Å². The highest BCUT2D eigenvalue weighted by Gasteiger charge is 2.36. The van der Waals surface area contributed by atoms with Crippen molar-refractivity contribution in [2.45, 2.75) is 38.4 Å². The molecule has 4 rings (SSSR count). The number of carbonyl (C=O) groups excluding carboxylic acids is 2. The van der Waals surface area contributed by atoms with Crippen molar-refractivity contribution in [2.24, 2.45) is 5.92 Å². The zero-order valence-corrected chi connectivity index (χ0v) is 16.5. The van der Waals surface area contributed by atoms with Crippen LogP contribution in [-0.4, -0.2) is 29.8 Å². The Bertz CT molecular complexity index is 967. The van der Waals surface area contributed by atoms with Gasteiger partial charge in [0.15, 0.2) is 0 Å². The number of nitrogens with zero attached hydrogens (tertiary/aromatic N) is 1. The van der Waals surface area contributed by atoms with Gasteiger partial charge in [-0.05, 0) is 54.2 Å². The maximum absolute atomic E-state index is 13.3. The van der Waals surface area contributed by atoms with Crippen LogP contribution in [0.3, 0.4) is 0 Å². The lowest BCUT2D eigenvalue weighted by Gasteiger charge is -2.30. The number of rotatable bonds is 5. The van der Waals surface area contributed by atoms with Crippen LogP contribution in [0, 0.1) is 5.92 Å². The minimum absolute atomic E-state index is 0.115. The summed E-state index contributed by atoms with van der Waals surface area (Å²) in [6.45, 7) is 1.20. The van der Waals surface area contributed by atoms with Crippen molar-refractivity contribution in [2.75, 3.05) is 13.1 Å². The zero-order chi connectivity index (χ0) is 21.3. The van der Waals surface area contributed by atoms with Crippen LogP contribution >= 0.6 is 0 Å². The predicted octanol–water partition coefficient (Wildman–Crippen LogP) is 4.43. The number of alkyl halides is 3. The van der Waals surface area contributed by atoms with Gasteiger partial charge in [0.25, 0.3) is 11.8 Å². The molecule has 1 heterocycles. The first-order valence-corrected chi connectivity index (χ1v) is 10.2. The molecule has 1 aliphatic heterocycles. The molecule has 0 aromatic heterocycles. The Morgan fingerprint density at radius 3 is 2.57 bits per heavy atom. The third-order valence-electron chi connectivity index (χ3n) is 5.77. The maximum atomic E-state index is 13.3. The molecule has 7 heteroatoms. The highest BCUT2D eigenvalue weighted by Crippen LogP contribution is 2.33. The van der Waals surface area contributed by atoms with E-state index in [0.717, 1.165) is 29.5 Å². The van der Waals surface area contributed by atoms with Gasteiger partial charge in [0, 0.05) is 25.2 Å². The minimum Gasteiger partial charge on any atom is -0.352 e. The molecule has 2 aromatic carbocycles. The van der Waals surface area contributed by atoms with Crippen LogP contribution in [0.5, 0.6) is 0 Å². The van der Waals surface area contributed by atoms with Crippen LogP contribution in [0.4, 0.5) is 13.2 Å². The molecule has 4 nitrogen and oxygen atoms in total. The molecule has 1 aliphatic carbocycles. The van der Waals surface area contributed by atoms with E-state index >= 15 is 0 Å². The Morgan fingerprint density at radius 1 is 1.07 bits per heavy atom. The Labute approximate surface area is 173 Å². The molecule has 30 heavy (non-hydrogen) atoms. The lowest BCUT2D eigenvalue weighted by atomic mass is 9.96. The molecule has 1 fully saturated rings. The quantitative estimate of drug-likeness (QED) is 0.784. The minimum atomic E-state index is -4.58. The summed E-state index contributed by atoms with van der Waals surface area (Å²) in [5.41, 5.74) is 1.14. The number of hydrogen-bond donors (Lipinski definition) is 1. The van der Waals surface area contributed by atoms with Gasteiger partial charge in [-0.2, -0.15) is 13.2 Å². The molecule has 0 unspecified atom stereocenters. The molecule has 0 saturated heterocycles. The fraction of sp³-hybridized carbons (Fsp3) is 0.391. The number of carbonyl (C=O) groups is 2. The van der Waals surface area contributed by atoms with Gasteiger partial charge in [0.1, 0.15) is 0 Å². The van der Waals surface area contributed by atoms with Gasteiger partial charge < -0.3 is 10.2 Å². The fourth-order valence-corrected chi connectivity index (χ4v) is 3.85. The Balaban J connectivity index is 1.45. The highest BCUT2D eigenvalue weighted by atomic mass is 19.4. The van der Waals surface area contributed by atoms with Crippen molar-refractivity contribution in [1.29, 1.82) is 0 Å². The van der Waals surface area contributed by atoms with Gasteiger partial charge in [-0.3, -0.25) is 9.59 Å². The molecule has 2 aromatic rings. The molecular formula is C23H23F3N2O2. The number of hydrogen-bond acceptors (Lipinski definition) is 2. The normalized spacial score (nSPS) is 16.2. The number of nitrogens with one attached hydrogen (secondary N) is 1. The lowest BCUT2D eigenvalue weighted by Crippen LogP contribution is -2.37. The van der Waals surface area contributed by atoms with E-state index in [1.807, 2.05) is 6.07 Å². The van der Waals surface area contributed by atoms with Gasteiger partial charge >= 0.3 is 6.18 Å². The average Bonchev–Trinajstić information content (AvgIpc) is 3.56. The van der Waals surface area contributed by atoms with Crippen LogP contribution in [0.1, 0.15) is 56.7 Å². The van der Waals surface area contributed by atoms with Gasteiger partial charge in [0.05, 0.1) is 11.1 Å². The summed E-state index contributed by atoms with van der Waals surface area (Å²) in [5.74, 6) is 0.00589. The first-order valence-electron chi connectivity index (χ1n) is 10.2. The van der Waals surface area contributed by atoms with E-state index in [2.05, 4.69) is 5.32 Å². The number of benzene rings is 2. The summed E-state index contributed by atoms with van der Waals surface area (Å²) in [6.07, 6.45) is -0.581. The molecule has 2 aliphatic rings. The summed E-state index contributed by atoms with van der Waals surface area (Å²) in [5, 5.41) is 2.94. The van der Waals surface area contributed by atoms with Gasteiger partial charge in [0.2, 0.25) is 0 Å². The van der Waals surface area contributed by atoms with Crippen LogP contribution in [0.15, 0.2) is 42.5 Å². The summed E-state index contributed by atoms with van der Waals surface area (Å²) < 4.78 is 39.8. The highest BCUT2D eigenvalue weighted by molar-refractivity contribution is 5.96. The second-order valence-electron chi connectivity index (χ2n) is 7.99. The molecular weight excluding hydrogens is 393 g/mol. The largest absolute Gasteiger partial charge is 0.417 e. The van der Waals surface area contributed by atoms with E-state index in [1.54, 1.807) is 12.1 Å². The molecule has 0 bridgehead atoms. The first kappa shape index (κ1) is 20.4. The average molecular weight is 416 g/mol. The second kappa shape index (κ2) is 8.13. The van der Waals surface area contributed by atoms with Crippen LogP contribution < -0.4 is 5.32 Å². The Hall–Kier alpha value is -2.83. The number of amides is 2. The number of halogens is 3. The van der Waals surface area contributed by atoms with E-state index in [4.69, 9.17) is 0 Å². The summed E-state index contributed by atoms with van der Waals surface area (Å²) in [4.78, 5) is 26.6. The second-order valence-corrected chi connectivity index (χ2v) is 7.99. The van der Waals surface area contributed by atoms with Gasteiger partial charge in [-0.1, -0.05) is 31.0 Å². The van der Waals surface area contributed by atoms with Crippen molar-refractivity contribution in [3.63, 3.8) is 0 Å². The first-order chi connectivity index (χ1) is 14.3. The van der Waals surface area contributed by atoms with Gasteiger partial charge in [-0.25, -0.2) is 0 Å².